The van der Waals surface area contributed by atoms with Crippen molar-refractivity contribution in [1.82, 2.24) is 25.2 Å². The summed E-state index contributed by atoms with van der Waals surface area (Å²) in [4.78, 5) is 28.4. The van der Waals surface area contributed by atoms with E-state index in [1.807, 2.05) is 78.1 Å². The van der Waals surface area contributed by atoms with E-state index in [9.17, 15) is 9.90 Å². The van der Waals surface area contributed by atoms with E-state index >= 15 is 0 Å². The van der Waals surface area contributed by atoms with E-state index in [-0.39, 0.29) is 17.9 Å². The van der Waals surface area contributed by atoms with Crippen LogP contribution in [0.5, 0.6) is 5.88 Å². The van der Waals surface area contributed by atoms with E-state index in [1.165, 1.54) is 11.8 Å². The highest BCUT2D eigenvalue weighted by Crippen LogP contribution is 2.29. The lowest BCUT2D eigenvalue weighted by atomic mass is 10.1. The summed E-state index contributed by atoms with van der Waals surface area (Å²) >= 11 is 1.51. The molecule has 2 aliphatic heterocycles. The number of aromatic nitrogens is 3. The number of methoxy groups -OCH3 is 1. The number of carbonyl (C=O) groups is 1. The summed E-state index contributed by atoms with van der Waals surface area (Å²) in [7, 11) is 1.61. The molecule has 5 rings (SSSR count). The number of β-amino-alcohol motifs (C(OH)–C–C–N with tert-alkyl or cyclic N) is 1. The summed E-state index contributed by atoms with van der Waals surface area (Å²) in [5.41, 5.74) is 3.73. The Hall–Kier alpha value is -2.79. The van der Waals surface area contributed by atoms with Crippen molar-refractivity contribution < 1.29 is 14.6 Å². The van der Waals surface area contributed by atoms with Gasteiger partial charge in [-0.3, -0.25) is 9.78 Å². The first-order valence-electron chi connectivity index (χ1n) is 14.4. The van der Waals surface area contributed by atoms with Crippen molar-refractivity contribution >= 4 is 34.5 Å². The van der Waals surface area contributed by atoms with Crippen LogP contribution in [0.2, 0.25) is 0 Å². The first-order valence-corrected chi connectivity index (χ1v) is 15.4. The van der Waals surface area contributed by atoms with Gasteiger partial charge >= 0.3 is 0 Å². The van der Waals surface area contributed by atoms with Crippen LogP contribution in [-0.2, 0) is 17.8 Å². The molecule has 9 nitrogen and oxygen atoms in total. The number of hydrogen-bond acceptors (Lipinski definition) is 9. The van der Waals surface area contributed by atoms with E-state index in [1.54, 1.807) is 7.11 Å². The lowest BCUT2D eigenvalue weighted by Crippen LogP contribution is -2.30. The third-order valence-electron chi connectivity index (χ3n) is 6.28. The lowest BCUT2D eigenvalue weighted by molar-refractivity contribution is -0.113. The quantitative estimate of drug-likeness (QED) is 0.352. The van der Waals surface area contributed by atoms with Gasteiger partial charge in [-0.15, -0.1) is 11.8 Å². The molecule has 40 heavy (non-hydrogen) atoms. The summed E-state index contributed by atoms with van der Waals surface area (Å²) in [5, 5.41) is 16.8. The Morgan fingerprint density at radius 3 is 2.60 bits per heavy atom. The van der Waals surface area contributed by atoms with E-state index < -0.39 is 0 Å². The molecule has 0 saturated carbocycles. The molecule has 1 amide bonds. The van der Waals surface area contributed by atoms with Crippen LogP contribution >= 0.6 is 11.8 Å². The molecule has 0 aromatic carbocycles. The van der Waals surface area contributed by atoms with Gasteiger partial charge in [-0.25, -0.2) is 9.97 Å². The Labute approximate surface area is 243 Å². The zero-order valence-electron chi connectivity index (χ0n) is 25.0. The van der Waals surface area contributed by atoms with E-state index in [0.29, 0.717) is 37.1 Å². The predicted octanol–water partition coefficient (Wildman–Crippen LogP) is 4.78. The molecule has 5 heterocycles. The maximum absolute atomic E-state index is 11.6. The highest BCUT2D eigenvalue weighted by atomic mass is 32.2. The van der Waals surface area contributed by atoms with Crippen molar-refractivity contribution in [3.05, 3.63) is 47.8 Å². The Morgan fingerprint density at radius 2 is 1.85 bits per heavy atom. The van der Waals surface area contributed by atoms with Crippen LogP contribution in [-0.4, -0.2) is 76.0 Å². The van der Waals surface area contributed by atoms with Gasteiger partial charge < -0.3 is 25.4 Å². The Morgan fingerprint density at radius 1 is 1.07 bits per heavy atom. The summed E-state index contributed by atoms with van der Waals surface area (Å²) in [6, 6.07) is 9.74. The smallest absolute Gasteiger partial charge is 0.235 e. The van der Waals surface area contributed by atoms with Crippen LogP contribution in [0, 0.1) is 5.92 Å². The van der Waals surface area contributed by atoms with Gasteiger partial charge in [-0.1, -0.05) is 41.5 Å². The Bertz CT molecular complexity index is 1200. The summed E-state index contributed by atoms with van der Waals surface area (Å²) in [5.74, 6) is 1.80. The number of aliphatic hydroxyl groups is 1. The average Bonchev–Trinajstić information content (AvgIpc) is 3.37. The number of anilines is 1. The van der Waals surface area contributed by atoms with Crippen molar-refractivity contribution in [1.29, 1.82) is 0 Å². The van der Waals surface area contributed by atoms with Crippen LogP contribution in [0.15, 0.2) is 41.4 Å². The molecule has 0 radical (unpaired) electrons. The number of hydrogen-bond donors (Lipinski definition) is 3. The molecular formula is C30H46N6O3S. The van der Waals surface area contributed by atoms with Gasteiger partial charge in [-0.05, 0) is 36.2 Å². The van der Waals surface area contributed by atoms with Gasteiger partial charge in [0.15, 0.2) is 0 Å². The standard InChI is InChI=1S/C24H28N6O3S.3C2H6/c1-33-22-5-3-18-23(29-22)15(6-8-26-18)7-9-30-12-16(19(31)13-30)10-25-11-17-2-4-20-24(27-17)28-21(32)14-34-20;3*1-2/h2-6,8,16,19,25,31H,7,9-14H2,1H3,(H,27,28,32);3*1-2H3. The van der Waals surface area contributed by atoms with Gasteiger partial charge in [-0.2, -0.15) is 0 Å². The number of thioether (sulfide) groups is 1. The van der Waals surface area contributed by atoms with E-state index in [2.05, 4.69) is 30.5 Å². The second kappa shape index (κ2) is 17.8. The minimum atomic E-state index is -0.368. The summed E-state index contributed by atoms with van der Waals surface area (Å²) in [6.45, 7) is 15.6. The molecule has 10 heteroatoms. The fourth-order valence-electron chi connectivity index (χ4n) is 4.47. The number of nitrogens with zero attached hydrogens (tertiary/aromatic N) is 4. The first-order chi connectivity index (χ1) is 19.6. The molecule has 0 spiro atoms. The fraction of sp³-hybridized carbons (Fsp3) is 0.533. The topological polar surface area (TPSA) is 113 Å². The summed E-state index contributed by atoms with van der Waals surface area (Å²) in [6.07, 6.45) is 2.28. The van der Waals surface area contributed by atoms with Crippen molar-refractivity contribution in [3.8, 4) is 5.88 Å². The first kappa shape index (κ1) is 33.4. The van der Waals surface area contributed by atoms with Crippen LogP contribution in [0.3, 0.4) is 0 Å². The highest BCUT2D eigenvalue weighted by molar-refractivity contribution is 8.00. The number of nitrogens with one attached hydrogen (secondary N) is 2. The van der Waals surface area contributed by atoms with Crippen LogP contribution in [0.1, 0.15) is 52.8 Å². The molecule has 2 atom stereocenters. The number of rotatable bonds is 8. The molecule has 2 aliphatic rings. The molecule has 1 saturated heterocycles. The molecule has 3 N–H and O–H groups in total. The number of amides is 1. The lowest BCUT2D eigenvalue weighted by Gasteiger charge is -2.17. The van der Waals surface area contributed by atoms with Crippen LogP contribution in [0.25, 0.3) is 11.0 Å². The second-order valence-electron chi connectivity index (χ2n) is 8.65. The van der Waals surface area contributed by atoms with Gasteiger partial charge in [0.05, 0.1) is 40.6 Å². The monoisotopic (exact) mass is 570 g/mol. The number of ether oxygens (including phenoxy) is 1. The largest absolute Gasteiger partial charge is 0.481 e. The SMILES string of the molecule is CC.CC.CC.COc1ccc2nccc(CCN3CC(O)C(CNCc4ccc5c(n4)NC(=O)CS5)C3)c2n1. The number of pyridine rings is 3. The van der Waals surface area contributed by atoms with E-state index in [0.717, 1.165) is 46.7 Å². The molecular weight excluding hydrogens is 524 g/mol. The summed E-state index contributed by atoms with van der Waals surface area (Å²) < 4.78 is 5.27. The highest BCUT2D eigenvalue weighted by Gasteiger charge is 2.30. The zero-order valence-corrected chi connectivity index (χ0v) is 25.8. The van der Waals surface area contributed by atoms with E-state index in [4.69, 9.17) is 4.74 Å². The normalized spacial score (nSPS) is 17.8. The molecule has 3 aromatic rings. The van der Waals surface area contributed by atoms with Crippen molar-refractivity contribution in [2.45, 2.75) is 65.5 Å². The molecule has 220 valence electrons. The number of fused-ring (bicyclic) bond motifs is 2. The predicted molar refractivity (Wildman–Crippen MR) is 165 cm³/mol. The maximum atomic E-state index is 11.6. The second-order valence-corrected chi connectivity index (χ2v) is 9.66. The minimum absolute atomic E-state index is 0.0149. The number of likely N-dealkylation sites (tertiary alicyclic amines) is 1. The minimum Gasteiger partial charge on any atom is -0.481 e. The van der Waals surface area contributed by atoms with Crippen molar-refractivity contribution in [3.63, 3.8) is 0 Å². The molecule has 3 aromatic heterocycles. The molecule has 2 unspecified atom stereocenters. The third kappa shape index (κ3) is 9.12. The molecule has 0 aliphatic carbocycles. The van der Waals surface area contributed by atoms with Crippen LogP contribution in [0.4, 0.5) is 5.82 Å². The molecule has 0 bridgehead atoms. The number of aliphatic hydroxyl groups excluding tert-OH is 1. The van der Waals surface area contributed by atoms with Crippen molar-refractivity contribution in [2.75, 3.05) is 44.4 Å². The van der Waals surface area contributed by atoms with Crippen molar-refractivity contribution in [2.24, 2.45) is 5.92 Å². The zero-order chi connectivity index (χ0) is 29.5. The Balaban J connectivity index is 0.000000876. The van der Waals surface area contributed by atoms with Gasteiger partial charge in [0, 0.05) is 50.9 Å². The molecule has 1 fully saturated rings. The van der Waals surface area contributed by atoms with Gasteiger partial charge in [0.2, 0.25) is 11.8 Å². The fourth-order valence-corrected chi connectivity index (χ4v) is 5.22. The Kier molecular flexibility index (Phi) is 14.9. The van der Waals surface area contributed by atoms with Crippen LogP contribution < -0.4 is 15.4 Å². The number of carbonyl (C=O) groups excluding carboxylic acids is 1. The van der Waals surface area contributed by atoms with Gasteiger partial charge in [0.25, 0.3) is 0 Å². The average molecular weight is 571 g/mol. The maximum Gasteiger partial charge on any atom is 0.235 e. The van der Waals surface area contributed by atoms with Gasteiger partial charge in [0.1, 0.15) is 5.82 Å². The third-order valence-corrected chi connectivity index (χ3v) is 7.32.